The quantitative estimate of drug-likeness (QED) is 0.123. The van der Waals surface area contributed by atoms with E-state index in [0.29, 0.717) is 0 Å². The zero-order chi connectivity index (χ0) is 26.9. The van der Waals surface area contributed by atoms with Crippen LogP contribution in [0.2, 0.25) is 0 Å². The standard InChI is InChI=1S/C14H23NO18S2/c1-3(16)15-5-7(18)6(17)4(2-29-34(23,24)25)30-14(5)32-9-8(19)10(33-35(26,27)28)13(22)31-11(9)12(20)21/h4-11,13-14,17-19,22H,2H2,1H3,(H,15,16)(H,20,21)(H,23,24,25)(H,26,27,28)/t4-,5-,6+,7-,8+,9+,10-,11+,13-,14+/m1/s1. The first-order valence-corrected chi connectivity index (χ1v) is 12.1. The van der Waals surface area contributed by atoms with Crippen LogP contribution in [0.4, 0.5) is 0 Å². The summed E-state index contributed by atoms with van der Waals surface area (Å²) in [6.45, 7) is -0.141. The minimum absolute atomic E-state index is 0.829. The summed E-state index contributed by atoms with van der Waals surface area (Å²) in [5.41, 5.74) is 0. The first kappa shape index (κ1) is 29.6. The van der Waals surface area contributed by atoms with Gasteiger partial charge in [0.05, 0.1) is 6.61 Å². The maximum atomic E-state index is 11.6. The Balaban J connectivity index is 2.38. The molecule has 2 aliphatic heterocycles. The molecule has 0 radical (unpaired) electrons. The fourth-order valence-corrected chi connectivity index (χ4v) is 4.11. The van der Waals surface area contributed by atoms with E-state index in [2.05, 4.69) is 13.7 Å². The molecular weight excluding hydrogens is 534 g/mol. The second-order valence-corrected chi connectivity index (χ2v) is 9.47. The summed E-state index contributed by atoms with van der Waals surface area (Å²) in [6, 6.07) is -1.71. The van der Waals surface area contributed by atoms with E-state index < -0.39 is 101 Å². The van der Waals surface area contributed by atoms with Crippen molar-refractivity contribution in [2.75, 3.05) is 6.61 Å². The lowest BCUT2D eigenvalue weighted by molar-refractivity contribution is -0.332. The second kappa shape index (κ2) is 11.2. The van der Waals surface area contributed by atoms with Gasteiger partial charge in [0.25, 0.3) is 0 Å². The normalized spacial score (nSPS) is 38.6. The number of hydrogen-bond donors (Lipinski definition) is 8. The number of carboxylic acids is 1. The third-order valence-electron chi connectivity index (χ3n) is 4.76. The predicted molar refractivity (Wildman–Crippen MR) is 102 cm³/mol. The fraction of sp³-hybridized carbons (Fsp3) is 0.857. The van der Waals surface area contributed by atoms with Crippen LogP contribution in [0.1, 0.15) is 6.92 Å². The minimum atomic E-state index is -5.32. The van der Waals surface area contributed by atoms with Crippen molar-refractivity contribution < 1.29 is 83.6 Å². The highest BCUT2D eigenvalue weighted by Crippen LogP contribution is 2.30. The maximum absolute atomic E-state index is 11.6. The molecule has 0 unspecified atom stereocenters. The minimum Gasteiger partial charge on any atom is -0.479 e. The largest absolute Gasteiger partial charge is 0.479 e. The van der Waals surface area contributed by atoms with Crippen LogP contribution in [0.15, 0.2) is 0 Å². The zero-order valence-corrected chi connectivity index (χ0v) is 19.1. The molecule has 204 valence electrons. The molecule has 0 aromatic rings. The van der Waals surface area contributed by atoms with Gasteiger partial charge in [0, 0.05) is 6.92 Å². The number of rotatable bonds is 9. The Kier molecular flexibility index (Phi) is 9.48. The molecule has 0 bridgehead atoms. The number of hydrogen-bond acceptors (Lipinski definition) is 15. The van der Waals surface area contributed by atoms with Crippen LogP contribution >= 0.6 is 0 Å². The summed E-state index contributed by atoms with van der Waals surface area (Å²) < 4.78 is 84.7. The number of carboxylic acid groups (broad SMARTS) is 1. The summed E-state index contributed by atoms with van der Waals surface area (Å²) in [4.78, 5) is 23.2. The number of aliphatic carboxylic acids is 1. The molecule has 0 aliphatic carbocycles. The van der Waals surface area contributed by atoms with Crippen molar-refractivity contribution in [3.63, 3.8) is 0 Å². The lowest BCUT2D eigenvalue weighted by Gasteiger charge is -2.46. The van der Waals surface area contributed by atoms with Crippen molar-refractivity contribution in [1.29, 1.82) is 0 Å². The number of aliphatic hydroxyl groups is 4. The van der Waals surface area contributed by atoms with Gasteiger partial charge in [0.2, 0.25) is 5.91 Å². The Hall–Kier alpha value is -1.60. The van der Waals surface area contributed by atoms with Crippen LogP contribution < -0.4 is 5.32 Å². The Morgan fingerprint density at radius 3 is 2.00 bits per heavy atom. The van der Waals surface area contributed by atoms with Crippen LogP contribution in [0.5, 0.6) is 0 Å². The van der Waals surface area contributed by atoms with E-state index in [1.54, 1.807) is 0 Å². The smallest absolute Gasteiger partial charge is 0.397 e. The third kappa shape index (κ3) is 7.94. The van der Waals surface area contributed by atoms with E-state index in [1.807, 2.05) is 0 Å². The molecule has 0 spiro atoms. The van der Waals surface area contributed by atoms with Gasteiger partial charge < -0.3 is 45.1 Å². The summed E-state index contributed by atoms with van der Waals surface area (Å²) in [5.74, 6) is -2.69. The summed E-state index contributed by atoms with van der Waals surface area (Å²) in [6.07, 6.45) is -19.3. The van der Waals surface area contributed by atoms with E-state index in [1.165, 1.54) is 0 Å². The van der Waals surface area contributed by atoms with E-state index in [-0.39, 0.29) is 0 Å². The lowest BCUT2D eigenvalue weighted by Crippen LogP contribution is -2.68. The number of carbonyl (C=O) groups is 2. The van der Waals surface area contributed by atoms with Crippen molar-refractivity contribution in [3.05, 3.63) is 0 Å². The van der Waals surface area contributed by atoms with E-state index in [4.69, 9.17) is 23.3 Å². The van der Waals surface area contributed by atoms with Crippen LogP contribution in [-0.4, -0.2) is 131 Å². The Morgan fingerprint density at radius 1 is 0.914 bits per heavy atom. The molecule has 19 nitrogen and oxygen atoms in total. The first-order valence-electron chi connectivity index (χ1n) is 9.37. The van der Waals surface area contributed by atoms with Gasteiger partial charge in [-0.25, -0.2) is 13.2 Å². The van der Waals surface area contributed by atoms with Gasteiger partial charge in [-0.05, 0) is 0 Å². The van der Waals surface area contributed by atoms with Crippen LogP contribution in [-0.2, 0) is 53.0 Å². The monoisotopic (exact) mass is 557 g/mol. The second-order valence-electron chi connectivity index (χ2n) is 7.33. The number of amides is 1. The molecule has 2 saturated heterocycles. The Labute approximate surface area is 197 Å². The summed E-state index contributed by atoms with van der Waals surface area (Å²) >= 11 is 0. The topological polar surface area (TPSA) is 302 Å². The van der Waals surface area contributed by atoms with Gasteiger partial charge in [0.15, 0.2) is 24.8 Å². The van der Waals surface area contributed by atoms with Gasteiger partial charge in [-0.15, -0.1) is 0 Å². The van der Waals surface area contributed by atoms with Crippen LogP contribution in [0.25, 0.3) is 0 Å². The highest BCUT2D eigenvalue weighted by atomic mass is 32.3. The van der Waals surface area contributed by atoms with Crippen molar-refractivity contribution in [2.45, 2.75) is 68.3 Å². The molecule has 1 amide bonds. The average Bonchev–Trinajstić information content (AvgIpc) is 2.69. The Morgan fingerprint density at radius 2 is 1.51 bits per heavy atom. The van der Waals surface area contributed by atoms with Gasteiger partial charge in [0.1, 0.15) is 36.6 Å². The number of nitrogens with one attached hydrogen (secondary N) is 1. The first-order chi connectivity index (χ1) is 15.9. The summed E-state index contributed by atoms with van der Waals surface area (Å²) in [5, 5.41) is 52.3. The number of aliphatic hydroxyl groups excluding tert-OH is 4. The number of carbonyl (C=O) groups excluding carboxylic acids is 1. The van der Waals surface area contributed by atoms with Crippen LogP contribution in [0, 0.1) is 0 Å². The Bertz CT molecular complexity index is 985. The highest BCUT2D eigenvalue weighted by Gasteiger charge is 2.54. The van der Waals surface area contributed by atoms with Gasteiger partial charge >= 0.3 is 26.8 Å². The maximum Gasteiger partial charge on any atom is 0.397 e. The van der Waals surface area contributed by atoms with Gasteiger partial charge in [-0.3, -0.25) is 13.9 Å². The molecule has 0 saturated carbocycles. The van der Waals surface area contributed by atoms with E-state index >= 15 is 0 Å². The number of ether oxygens (including phenoxy) is 3. The van der Waals surface area contributed by atoms with E-state index in [0.717, 1.165) is 6.92 Å². The van der Waals surface area contributed by atoms with Crippen molar-refractivity contribution >= 4 is 32.7 Å². The molecule has 2 fully saturated rings. The molecule has 21 heteroatoms. The van der Waals surface area contributed by atoms with Crippen molar-refractivity contribution in [1.82, 2.24) is 5.32 Å². The molecular formula is C14H23NO18S2. The molecule has 35 heavy (non-hydrogen) atoms. The molecule has 2 rings (SSSR count). The third-order valence-corrected chi connectivity index (χ3v) is 5.66. The molecule has 0 aromatic heterocycles. The average molecular weight is 557 g/mol. The molecule has 10 atom stereocenters. The predicted octanol–water partition coefficient (Wildman–Crippen LogP) is -5.51. The van der Waals surface area contributed by atoms with Gasteiger partial charge in [-0.2, -0.15) is 16.8 Å². The van der Waals surface area contributed by atoms with Crippen LogP contribution in [0.3, 0.4) is 0 Å². The molecule has 8 N–H and O–H groups in total. The SMILES string of the molecule is CC(=O)N[C@H]1[C@H](O[C@H]2[C@H](O)[C@@H](OS(=O)(=O)O)[C@H](O)O[C@@H]2C(=O)O)O[C@H](COS(=O)(=O)O)[C@H](O)[C@@H]1O. The van der Waals surface area contributed by atoms with Crippen molar-refractivity contribution in [3.8, 4) is 0 Å². The fourth-order valence-electron chi connectivity index (χ4n) is 3.32. The van der Waals surface area contributed by atoms with E-state index in [9.17, 15) is 52.0 Å². The summed E-state index contributed by atoms with van der Waals surface area (Å²) in [7, 11) is -10.4. The van der Waals surface area contributed by atoms with Gasteiger partial charge in [-0.1, -0.05) is 0 Å². The molecule has 2 heterocycles. The highest BCUT2D eigenvalue weighted by molar-refractivity contribution is 7.81. The van der Waals surface area contributed by atoms with Crippen molar-refractivity contribution in [2.24, 2.45) is 0 Å². The molecule has 2 aliphatic rings. The zero-order valence-electron chi connectivity index (χ0n) is 17.4. The molecule has 0 aromatic carbocycles. The lowest BCUT2D eigenvalue weighted by atomic mass is 9.95.